The van der Waals surface area contributed by atoms with Gasteiger partial charge in [0.2, 0.25) is 0 Å². The number of nitrogens with zero attached hydrogens (tertiary/aromatic N) is 2. The van der Waals surface area contributed by atoms with Crippen LogP contribution in [-0.2, 0) is 6.54 Å². The second-order valence-electron chi connectivity index (χ2n) is 4.70. The molecule has 2 N–H and O–H groups in total. The molecule has 2 aromatic heterocycles. The number of fused-ring (bicyclic) bond motifs is 1. The topological polar surface area (TPSA) is 59.0 Å². The van der Waals surface area contributed by atoms with Crippen LogP contribution in [0.25, 0.3) is 10.9 Å². The normalized spacial score (nSPS) is 10.5. The summed E-state index contributed by atoms with van der Waals surface area (Å²) in [5, 5.41) is 6.67. The van der Waals surface area contributed by atoms with E-state index in [1.807, 2.05) is 30.5 Å². The number of rotatable bonds is 3. The number of benzene rings is 1. The maximum Gasteiger partial charge on any atom is 0.323 e. The molecule has 0 atom stereocenters. The largest absolute Gasteiger partial charge is 0.348 e. The lowest BCUT2D eigenvalue weighted by Crippen LogP contribution is -2.19. The summed E-state index contributed by atoms with van der Waals surface area (Å²) in [5.74, 6) is 0. The van der Waals surface area contributed by atoms with Gasteiger partial charge in [0.25, 0.3) is 0 Å². The van der Waals surface area contributed by atoms with E-state index in [-0.39, 0.29) is 6.03 Å². The quantitative estimate of drug-likeness (QED) is 0.768. The number of carbonyl (C=O) groups excluding carboxylic acids is 1. The van der Waals surface area contributed by atoms with Gasteiger partial charge in [-0.3, -0.25) is 4.98 Å². The van der Waals surface area contributed by atoms with Crippen LogP contribution in [0.1, 0.15) is 6.92 Å². The second-order valence-corrected chi connectivity index (χ2v) is 4.70. The fourth-order valence-corrected chi connectivity index (χ4v) is 2.28. The summed E-state index contributed by atoms with van der Waals surface area (Å²) in [4.78, 5) is 15.9. The van der Waals surface area contributed by atoms with Gasteiger partial charge in [-0.2, -0.15) is 0 Å². The number of aromatic nitrogens is 2. The van der Waals surface area contributed by atoms with Crippen LogP contribution in [0.3, 0.4) is 0 Å². The molecule has 0 aliphatic rings. The number of pyridine rings is 1. The summed E-state index contributed by atoms with van der Waals surface area (Å²) in [6.07, 6.45) is 5.31. The van der Waals surface area contributed by atoms with Crippen molar-refractivity contribution in [2.45, 2.75) is 13.5 Å². The first-order chi connectivity index (χ1) is 10.3. The van der Waals surface area contributed by atoms with Gasteiger partial charge in [-0.05, 0) is 43.3 Å². The Kier molecular flexibility index (Phi) is 3.55. The van der Waals surface area contributed by atoms with E-state index in [0.717, 1.165) is 23.1 Å². The lowest BCUT2D eigenvalue weighted by Gasteiger charge is -2.08. The van der Waals surface area contributed by atoms with Crippen LogP contribution < -0.4 is 10.6 Å². The first kappa shape index (κ1) is 13.2. The number of urea groups is 1. The van der Waals surface area contributed by atoms with Crippen LogP contribution in [0.2, 0.25) is 0 Å². The zero-order valence-corrected chi connectivity index (χ0v) is 11.7. The van der Waals surface area contributed by atoms with Gasteiger partial charge in [0, 0.05) is 35.5 Å². The molecule has 2 amide bonds. The van der Waals surface area contributed by atoms with Gasteiger partial charge in [-0.25, -0.2) is 4.79 Å². The summed E-state index contributed by atoms with van der Waals surface area (Å²) in [5.41, 5.74) is 2.58. The van der Waals surface area contributed by atoms with Crippen molar-refractivity contribution in [3.8, 4) is 0 Å². The van der Waals surface area contributed by atoms with E-state index in [2.05, 4.69) is 27.1 Å². The van der Waals surface area contributed by atoms with Crippen LogP contribution in [0.5, 0.6) is 0 Å². The standard InChI is InChI=1S/C16H16N4O/c1-2-20-9-7-12-10-13(5-6-15(12)20)18-16(21)19-14-4-3-8-17-11-14/h3-11H,2H2,1H3,(H2,18,19,21). The molecule has 0 radical (unpaired) electrons. The SMILES string of the molecule is CCn1ccc2cc(NC(=O)Nc3cccnc3)ccc21. The Morgan fingerprint density at radius 1 is 1.19 bits per heavy atom. The van der Waals surface area contributed by atoms with Gasteiger partial charge in [-0.15, -0.1) is 0 Å². The summed E-state index contributed by atoms with van der Waals surface area (Å²) in [6.45, 7) is 3.03. The molecule has 2 heterocycles. The van der Waals surface area contributed by atoms with Crippen molar-refractivity contribution >= 4 is 28.3 Å². The summed E-state index contributed by atoms with van der Waals surface area (Å²) >= 11 is 0. The molecule has 106 valence electrons. The van der Waals surface area contributed by atoms with Crippen molar-refractivity contribution in [2.75, 3.05) is 10.6 Å². The second kappa shape index (κ2) is 5.66. The third-order valence-corrected chi connectivity index (χ3v) is 3.29. The van der Waals surface area contributed by atoms with Crippen LogP contribution in [0.4, 0.5) is 16.2 Å². The van der Waals surface area contributed by atoms with Crippen molar-refractivity contribution in [1.29, 1.82) is 0 Å². The lowest BCUT2D eigenvalue weighted by atomic mass is 10.2. The minimum absolute atomic E-state index is 0.280. The molecule has 0 spiro atoms. The molecular weight excluding hydrogens is 264 g/mol. The van der Waals surface area contributed by atoms with Gasteiger partial charge < -0.3 is 15.2 Å². The Balaban J connectivity index is 1.74. The molecular formula is C16H16N4O. The van der Waals surface area contributed by atoms with E-state index in [1.165, 1.54) is 0 Å². The maximum absolute atomic E-state index is 11.9. The fourth-order valence-electron chi connectivity index (χ4n) is 2.28. The Labute approximate surface area is 122 Å². The molecule has 3 rings (SSSR count). The van der Waals surface area contributed by atoms with Crippen molar-refractivity contribution in [2.24, 2.45) is 0 Å². The molecule has 21 heavy (non-hydrogen) atoms. The molecule has 0 bridgehead atoms. The summed E-state index contributed by atoms with van der Waals surface area (Å²) in [7, 11) is 0. The van der Waals surface area contributed by atoms with Gasteiger partial charge >= 0.3 is 6.03 Å². The highest BCUT2D eigenvalue weighted by atomic mass is 16.2. The number of hydrogen-bond acceptors (Lipinski definition) is 2. The van der Waals surface area contributed by atoms with Crippen molar-refractivity contribution in [1.82, 2.24) is 9.55 Å². The first-order valence-electron chi connectivity index (χ1n) is 6.83. The zero-order valence-electron chi connectivity index (χ0n) is 11.7. The Bertz CT molecular complexity index is 764. The number of nitrogens with one attached hydrogen (secondary N) is 2. The van der Waals surface area contributed by atoms with E-state index < -0.39 is 0 Å². The van der Waals surface area contributed by atoms with Crippen LogP contribution in [-0.4, -0.2) is 15.6 Å². The van der Waals surface area contributed by atoms with Crippen molar-refractivity contribution in [3.05, 3.63) is 55.0 Å². The molecule has 3 aromatic rings. The summed E-state index contributed by atoms with van der Waals surface area (Å²) in [6, 6.07) is 11.2. The zero-order chi connectivity index (χ0) is 14.7. The van der Waals surface area contributed by atoms with Gasteiger partial charge in [-0.1, -0.05) is 0 Å². The van der Waals surface area contributed by atoms with Crippen LogP contribution >= 0.6 is 0 Å². The predicted molar refractivity (Wildman–Crippen MR) is 84.5 cm³/mol. The fraction of sp³-hybridized carbons (Fsp3) is 0.125. The smallest absolute Gasteiger partial charge is 0.323 e. The average molecular weight is 280 g/mol. The third kappa shape index (κ3) is 2.86. The van der Waals surface area contributed by atoms with Gasteiger partial charge in [0.1, 0.15) is 0 Å². The molecule has 0 unspecified atom stereocenters. The first-order valence-corrected chi connectivity index (χ1v) is 6.83. The minimum Gasteiger partial charge on any atom is -0.348 e. The lowest BCUT2D eigenvalue weighted by molar-refractivity contribution is 0.262. The van der Waals surface area contributed by atoms with Crippen molar-refractivity contribution < 1.29 is 4.79 Å². The maximum atomic E-state index is 11.9. The Morgan fingerprint density at radius 2 is 2.05 bits per heavy atom. The third-order valence-electron chi connectivity index (χ3n) is 3.29. The van der Waals surface area contributed by atoms with E-state index in [4.69, 9.17) is 0 Å². The molecule has 5 heteroatoms. The number of hydrogen-bond donors (Lipinski definition) is 2. The van der Waals surface area contributed by atoms with E-state index in [1.54, 1.807) is 24.5 Å². The van der Waals surface area contributed by atoms with Crippen LogP contribution in [0, 0.1) is 0 Å². The highest BCUT2D eigenvalue weighted by molar-refractivity contribution is 6.00. The van der Waals surface area contributed by atoms with Crippen LogP contribution in [0.15, 0.2) is 55.0 Å². The number of carbonyl (C=O) groups is 1. The summed E-state index contributed by atoms with van der Waals surface area (Å²) < 4.78 is 2.16. The molecule has 0 saturated carbocycles. The molecule has 0 fully saturated rings. The van der Waals surface area contributed by atoms with E-state index in [0.29, 0.717) is 5.69 Å². The van der Waals surface area contributed by atoms with E-state index in [9.17, 15) is 4.79 Å². The number of anilines is 2. The van der Waals surface area contributed by atoms with E-state index >= 15 is 0 Å². The minimum atomic E-state index is -0.280. The molecule has 5 nitrogen and oxygen atoms in total. The average Bonchev–Trinajstić information content (AvgIpc) is 2.90. The van der Waals surface area contributed by atoms with Gasteiger partial charge in [0.15, 0.2) is 0 Å². The predicted octanol–water partition coefficient (Wildman–Crippen LogP) is 3.70. The monoisotopic (exact) mass is 280 g/mol. The Morgan fingerprint density at radius 3 is 2.81 bits per heavy atom. The molecule has 0 saturated heterocycles. The number of aryl methyl sites for hydroxylation is 1. The highest BCUT2D eigenvalue weighted by Crippen LogP contribution is 2.20. The van der Waals surface area contributed by atoms with Gasteiger partial charge in [0.05, 0.1) is 11.9 Å². The Hall–Kier alpha value is -2.82. The molecule has 1 aromatic carbocycles. The number of amides is 2. The van der Waals surface area contributed by atoms with Crippen molar-refractivity contribution in [3.63, 3.8) is 0 Å². The highest BCUT2D eigenvalue weighted by Gasteiger charge is 2.05. The molecule has 0 aliphatic carbocycles. The molecule has 0 aliphatic heterocycles.